The highest BCUT2D eigenvalue weighted by atomic mass is 32.1. The fraction of sp³-hybridized carbons (Fsp3) is 0.435. The number of fused-ring (bicyclic) bond motifs is 2. The average molecular weight is 470 g/mol. The summed E-state index contributed by atoms with van der Waals surface area (Å²) in [6.45, 7) is 6.85. The standard InChI is InChI=1S/C23H27N5O2S2/c1-3-5-10-28-21-20(22(29)25-23(28)30)27(4-2)18(24-21)14-26-11-8-16-15(9-13-32-16)19(26)17-7-6-12-31-17/h6-7,9,12-13,19H,3-5,8,10-11,14H2,1-2H3,(H,25,29,30)/t19-/m0/s1. The Morgan fingerprint density at radius 3 is 2.78 bits per heavy atom. The van der Waals surface area contributed by atoms with Gasteiger partial charge in [0.05, 0.1) is 12.6 Å². The third-order valence-corrected chi connectivity index (χ3v) is 8.16. The summed E-state index contributed by atoms with van der Waals surface area (Å²) in [6, 6.07) is 6.74. The number of hydrogen-bond donors (Lipinski definition) is 1. The molecule has 0 saturated carbocycles. The summed E-state index contributed by atoms with van der Waals surface area (Å²) in [5, 5.41) is 4.31. The quantitative estimate of drug-likeness (QED) is 0.444. The largest absolute Gasteiger partial charge is 0.330 e. The van der Waals surface area contributed by atoms with E-state index < -0.39 is 0 Å². The van der Waals surface area contributed by atoms with Crippen LogP contribution in [0.3, 0.4) is 0 Å². The second-order valence-corrected chi connectivity index (χ2v) is 10.1. The topological polar surface area (TPSA) is 75.9 Å². The summed E-state index contributed by atoms with van der Waals surface area (Å²) < 4.78 is 3.60. The molecule has 32 heavy (non-hydrogen) atoms. The van der Waals surface area contributed by atoms with Crippen molar-refractivity contribution in [2.75, 3.05) is 6.54 Å². The van der Waals surface area contributed by atoms with Crippen molar-refractivity contribution >= 4 is 33.8 Å². The van der Waals surface area contributed by atoms with Crippen molar-refractivity contribution in [1.29, 1.82) is 0 Å². The lowest BCUT2D eigenvalue weighted by atomic mass is 9.98. The van der Waals surface area contributed by atoms with Crippen molar-refractivity contribution in [1.82, 2.24) is 24.0 Å². The Hall–Kier alpha value is -2.49. The average Bonchev–Trinajstić information content (AvgIpc) is 3.53. The van der Waals surface area contributed by atoms with Crippen LogP contribution in [-0.2, 0) is 26.1 Å². The fourth-order valence-electron chi connectivity index (χ4n) is 4.70. The van der Waals surface area contributed by atoms with Crippen LogP contribution in [0.4, 0.5) is 0 Å². The third kappa shape index (κ3) is 3.58. The first kappa shape index (κ1) is 21.4. The monoisotopic (exact) mass is 469 g/mol. The summed E-state index contributed by atoms with van der Waals surface area (Å²) in [5.74, 6) is 0.837. The minimum atomic E-state index is -0.374. The molecule has 5 rings (SSSR count). The van der Waals surface area contributed by atoms with Crippen LogP contribution in [0.5, 0.6) is 0 Å². The van der Waals surface area contributed by atoms with Crippen molar-refractivity contribution in [2.45, 2.75) is 58.8 Å². The van der Waals surface area contributed by atoms with Gasteiger partial charge in [-0.05, 0) is 48.2 Å². The molecule has 168 valence electrons. The van der Waals surface area contributed by atoms with E-state index in [4.69, 9.17) is 4.98 Å². The number of nitrogens with one attached hydrogen (secondary N) is 1. The Labute approximate surface area is 194 Å². The first-order chi connectivity index (χ1) is 15.6. The zero-order chi connectivity index (χ0) is 22.2. The highest BCUT2D eigenvalue weighted by Crippen LogP contribution is 2.40. The number of hydrogen-bond acceptors (Lipinski definition) is 6. The molecule has 1 aliphatic heterocycles. The van der Waals surface area contributed by atoms with E-state index in [1.54, 1.807) is 15.9 Å². The lowest BCUT2D eigenvalue weighted by Gasteiger charge is -2.35. The number of aromatic amines is 1. The minimum Gasteiger partial charge on any atom is -0.321 e. The van der Waals surface area contributed by atoms with Crippen LogP contribution < -0.4 is 11.2 Å². The van der Waals surface area contributed by atoms with Gasteiger partial charge in [-0.3, -0.25) is 19.2 Å². The Balaban J connectivity index is 1.60. The summed E-state index contributed by atoms with van der Waals surface area (Å²) in [6.07, 6.45) is 2.85. The lowest BCUT2D eigenvalue weighted by Crippen LogP contribution is -2.35. The van der Waals surface area contributed by atoms with Crippen molar-refractivity contribution in [3.8, 4) is 0 Å². The number of thiophene rings is 2. The molecule has 5 heterocycles. The molecule has 7 nitrogen and oxygen atoms in total. The molecule has 0 unspecified atom stereocenters. The van der Waals surface area contributed by atoms with Crippen LogP contribution in [-0.4, -0.2) is 30.5 Å². The van der Waals surface area contributed by atoms with Gasteiger partial charge in [-0.25, -0.2) is 9.78 Å². The van der Waals surface area contributed by atoms with Crippen LogP contribution in [0, 0.1) is 0 Å². The number of rotatable bonds is 7. The molecule has 0 bridgehead atoms. The molecule has 4 aromatic heterocycles. The Morgan fingerprint density at radius 1 is 1.16 bits per heavy atom. The summed E-state index contributed by atoms with van der Waals surface area (Å²) in [4.78, 5) is 37.9. The van der Waals surface area contributed by atoms with E-state index in [1.807, 2.05) is 22.8 Å². The second kappa shape index (κ2) is 8.80. The van der Waals surface area contributed by atoms with E-state index in [0.29, 0.717) is 30.8 Å². The molecular formula is C23H27N5O2S2. The molecule has 1 N–H and O–H groups in total. The van der Waals surface area contributed by atoms with Gasteiger partial charge in [0, 0.05) is 29.4 Å². The van der Waals surface area contributed by atoms with Crippen LogP contribution in [0.2, 0.25) is 0 Å². The minimum absolute atomic E-state index is 0.190. The van der Waals surface area contributed by atoms with Gasteiger partial charge in [0.15, 0.2) is 11.2 Å². The first-order valence-electron chi connectivity index (χ1n) is 11.2. The number of H-pyrrole nitrogens is 1. The van der Waals surface area contributed by atoms with Crippen molar-refractivity contribution in [3.05, 3.63) is 70.9 Å². The van der Waals surface area contributed by atoms with Crippen molar-refractivity contribution in [2.24, 2.45) is 0 Å². The van der Waals surface area contributed by atoms with Gasteiger partial charge in [-0.1, -0.05) is 19.4 Å². The predicted octanol–water partition coefficient (Wildman–Crippen LogP) is 3.98. The second-order valence-electron chi connectivity index (χ2n) is 8.15. The highest BCUT2D eigenvalue weighted by Gasteiger charge is 2.31. The highest BCUT2D eigenvalue weighted by molar-refractivity contribution is 7.10. The number of nitrogens with zero attached hydrogens (tertiary/aromatic N) is 4. The molecule has 0 fully saturated rings. The van der Waals surface area contributed by atoms with Gasteiger partial charge in [0.2, 0.25) is 0 Å². The van der Waals surface area contributed by atoms with E-state index in [-0.39, 0.29) is 17.3 Å². The fourth-order valence-corrected chi connectivity index (χ4v) is 6.48. The number of imidazole rings is 1. The molecular weight excluding hydrogens is 442 g/mol. The zero-order valence-electron chi connectivity index (χ0n) is 18.3. The van der Waals surface area contributed by atoms with Gasteiger partial charge >= 0.3 is 5.69 Å². The molecule has 0 aliphatic carbocycles. The molecule has 0 spiro atoms. The number of aryl methyl sites for hydroxylation is 2. The van der Waals surface area contributed by atoms with Crippen LogP contribution in [0.1, 0.15) is 53.9 Å². The Morgan fingerprint density at radius 2 is 2.03 bits per heavy atom. The van der Waals surface area contributed by atoms with Gasteiger partial charge in [0.1, 0.15) is 5.82 Å². The zero-order valence-corrected chi connectivity index (χ0v) is 20.0. The maximum Gasteiger partial charge on any atom is 0.330 e. The van der Waals surface area contributed by atoms with E-state index >= 15 is 0 Å². The molecule has 9 heteroatoms. The molecule has 4 aromatic rings. The van der Waals surface area contributed by atoms with Crippen LogP contribution in [0.25, 0.3) is 11.2 Å². The molecule has 0 aromatic carbocycles. The SMILES string of the molecule is CCCCn1c(=O)[nH]c(=O)c2c1nc(CN1CCc3sccc3[C@H]1c1cccs1)n2CC. The van der Waals surface area contributed by atoms with Gasteiger partial charge in [-0.2, -0.15) is 0 Å². The van der Waals surface area contributed by atoms with E-state index in [0.717, 1.165) is 31.6 Å². The van der Waals surface area contributed by atoms with E-state index in [2.05, 4.69) is 45.8 Å². The third-order valence-electron chi connectivity index (χ3n) is 6.24. The first-order valence-corrected chi connectivity index (χ1v) is 12.9. The van der Waals surface area contributed by atoms with Crippen molar-refractivity contribution < 1.29 is 0 Å². The van der Waals surface area contributed by atoms with E-state index in [1.165, 1.54) is 15.3 Å². The maximum absolute atomic E-state index is 12.8. The predicted molar refractivity (Wildman–Crippen MR) is 130 cm³/mol. The summed E-state index contributed by atoms with van der Waals surface area (Å²) >= 11 is 3.61. The van der Waals surface area contributed by atoms with E-state index in [9.17, 15) is 9.59 Å². The normalized spacial score (nSPS) is 16.6. The smallest absolute Gasteiger partial charge is 0.321 e. The van der Waals surface area contributed by atoms with Crippen molar-refractivity contribution in [3.63, 3.8) is 0 Å². The summed E-state index contributed by atoms with van der Waals surface area (Å²) in [5.41, 5.74) is 1.65. The van der Waals surface area contributed by atoms with Gasteiger partial charge in [-0.15, -0.1) is 22.7 Å². The van der Waals surface area contributed by atoms with Gasteiger partial charge < -0.3 is 4.57 Å². The Kier molecular flexibility index (Phi) is 5.88. The number of aromatic nitrogens is 4. The van der Waals surface area contributed by atoms with Gasteiger partial charge in [0.25, 0.3) is 5.56 Å². The number of unbranched alkanes of at least 4 members (excludes halogenated alkanes) is 1. The van der Waals surface area contributed by atoms with Crippen LogP contribution >= 0.6 is 22.7 Å². The Bertz CT molecular complexity index is 1350. The molecule has 1 aliphatic rings. The molecule has 0 saturated heterocycles. The molecule has 0 amide bonds. The molecule has 0 radical (unpaired) electrons. The summed E-state index contributed by atoms with van der Waals surface area (Å²) in [7, 11) is 0. The lowest BCUT2D eigenvalue weighted by molar-refractivity contribution is 0.201. The maximum atomic E-state index is 12.8. The van der Waals surface area contributed by atoms with Crippen LogP contribution in [0.15, 0.2) is 38.5 Å². The molecule has 1 atom stereocenters.